The van der Waals surface area contributed by atoms with Crippen molar-refractivity contribution in [2.24, 2.45) is 5.73 Å². The van der Waals surface area contributed by atoms with Gasteiger partial charge >= 0.3 is 0 Å². The molecule has 1 aromatic heterocycles. The molecule has 2 unspecified atom stereocenters. The van der Waals surface area contributed by atoms with Gasteiger partial charge in [0.15, 0.2) is 0 Å². The summed E-state index contributed by atoms with van der Waals surface area (Å²) in [6, 6.07) is 6.53. The summed E-state index contributed by atoms with van der Waals surface area (Å²) in [4.78, 5) is 4.43. The molecule has 4 heteroatoms. The fourth-order valence-electron chi connectivity index (χ4n) is 2.50. The second-order valence-electron chi connectivity index (χ2n) is 5.42. The molecule has 0 aliphatic carbocycles. The van der Waals surface area contributed by atoms with Crippen molar-refractivity contribution in [2.75, 3.05) is 0 Å². The van der Waals surface area contributed by atoms with Crippen LogP contribution >= 0.6 is 0 Å². The van der Waals surface area contributed by atoms with E-state index in [1.54, 1.807) is 18.3 Å². The summed E-state index contributed by atoms with van der Waals surface area (Å²) in [6.07, 6.45) is 4.60. The van der Waals surface area contributed by atoms with Crippen LogP contribution in [0.4, 0.5) is 4.39 Å². The number of nitrogens with two attached hydrogens (primary N) is 1. The Kier molecular flexibility index (Phi) is 4.55. The molecule has 0 saturated carbocycles. The second kappa shape index (κ2) is 6.18. The van der Waals surface area contributed by atoms with Crippen LogP contribution in [0.15, 0.2) is 36.7 Å². The predicted octanol–water partition coefficient (Wildman–Crippen LogP) is 3.47. The molecule has 0 saturated heterocycles. The lowest BCUT2D eigenvalue weighted by Crippen LogP contribution is -2.33. The van der Waals surface area contributed by atoms with Gasteiger partial charge in [0.25, 0.3) is 0 Å². The molecule has 2 aromatic rings. The topological polar surface area (TPSA) is 43.8 Å². The maximum Gasteiger partial charge on any atom is 0.123 e. The number of nitrogens with zero attached hydrogens (tertiary/aromatic N) is 2. The Labute approximate surface area is 119 Å². The van der Waals surface area contributed by atoms with Crippen molar-refractivity contribution in [1.82, 2.24) is 9.55 Å². The van der Waals surface area contributed by atoms with Crippen LogP contribution in [0.5, 0.6) is 0 Å². The van der Waals surface area contributed by atoms with Gasteiger partial charge in [0.2, 0.25) is 0 Å². The van der Waals surface area contributed by atoms with Gasteiger partial charge in [-0.15, -0.1) is 0 Å². The lowest BCUT2D eigenvalue weighted by Gasteiger charge is -2.27. The van der Waals surface area contributed by atoms with Gasteiger partial charge < -0.3 is 10.3 Å². The average molecular weight is 275 g/mol. The highest BCUT2D eigenvalue weighted by molar-refractivity contribution is 5.24. The van der Waals surface area contributed by atoms with Gasteiger partial charge in [-0.2, -0.15) is 0 Å². The van der Waals surface area contributed by atoms with Gasteiger partial charge in [-0.05, 0) is 24.1 Å². The van der Waals surface area contributed by atoms with E-state index >= 15 is 0 Å². The maximum atomic E-state index is 13.1. The summed E-state index contributed by atoms with van der Waals surface area (Å²) in [5.74, 6) is 1.09. The monoisotopic (exact) mass is 275 g/mol. The van der Waals surface area contributed by atoms with Gasteiger partial charge in [-0.25, -0.2) is 9.37 Å². The van der Waals surface area contributed by atoms with Crippen LogP contribution in [-0.2, 0) is 0 Å². The van der Waals surface area contributed by atoms with Crippen molar-refractivity contribution in [3.8, 4) is 0 Å². The van der Waals surface area contributed by atoms with Crippen LogP contribution in [0.1, 0.15) is 50.5 Å². The fraction of sp³-hybridized carbons (Fsp3) is 0.438. The Morgan fingerprint density at radius 1 is 1.25 bits per heavy atom. The second-order valence-corrected chi connectivity index (χ2v) is 5.42. The van der Waals surface area contributed by atoms with Crippen molar-refractivity contribution in [2.45, 2.75) is 45.2 Å². The van der Waals surface area contributed by atoms with Crippen LogP contribution in [0, 0.1) is 5.82 Å². The molecule has 0 spiro atoms. The number of imidazole rings is 1. The van der Waals surface area contributed by atoms with Crippen molar-refractivity contribution < 1.29 is 4.39 Å². The SMILES string of the molecule is CCC(N)C(c1ccc(F)cc1)n1ccnc1C(C)C. The molecule has 2 rings (SSSR count). The highest BCUT2D eigenvalue weighted by Gasteiger charge is 2.23. The molecule has 0 amide bonds. The zero-order valence-electron chi connectivity index (χ0n) is 12.3. The first-order chi connectivity index (χ1) is 9.54. The standard InChI is InChI=1S/C16H22FN3/c1-4-14(18)15(12-5-7-13(17)8-6-12)20-10-9-19-16(20)11(2)3/h5-11,14-15H,4,18H2,1-3H3. The average Bonchev–Trinajstić information content (AvgIpc) is 2.90. The van der Waals surface area contributed by atoms with Gasteiger partial charge in [-0.1, -0.05) is 32.9 Å². The van der Waals surface area contributed by atoms with Crippen LogP contribution < -0.4 is 5.73 Å². The Morgan fingerprint density at radius 2 is 1.90 bits per heavy atom. The van der Waals surface area contributed by atoms with E-state index in [0.29, 0.717) is 5.92 Å². The molecular formula is C16H22FN3. The summed E-state index contributed by atoms with van der Waals surface area (Å²) < 4.78 is 15.2. The normalized spacial score (nSPS) is 14.5. The fourth-order valence-corrected chi connectivity index (χ4v) is 2.50. The third kappa shape index (κ3) is 2.90. The summed E-state index contributed by atoms with van der Waals surface area (Å²) in [6.45, 7) is 6.28. The molecular weight excluding hydrogens is 253 g/mol. The molecule has 0 aliphatic heterocycles. The third-order valence-electron chi connectivity index (χ3n) is 3.60. The Hall–Kier alpha value is -1.68. The van der Waals surface area contributed by atoms with Crippen molar-refractivity contribution >= 4 is 0 Å². The zero-order valence-corrected chi connectivity index (χ0v) is 12.3. The first-order valence-corrected chi connectivity index (χ1v) is 7.08. The van der Waals surface area contributed by atoms with Crippen molar-refractivity contribution in [1.29, 1.82) is 0 Å². The van der Waals surface area contributed by atoms with Crippen molar-refractivity contribution in [3.63, 3.8) is 0 Å². The van der Waals surface area contributed by atoms with E-state index in [-0.39, 0.29) is 17.9 Å². The molecule has 0 bridgehead atoms. The number of benzene rings is 1. The van der Waals surface area contributed by atoms with E-state index in [9.17, 15) is 4.39 Å². The number of hydrogen-bond donors (Lipinski definition) is 1. The zero-order chi connectivity index (χ0) is 14.7. The molecule has 20 heavy (non-hydrogen) atoms. The molecule has 0 fully saturated rings. The van der Waals surface area contributed by atoms with E-state index in [1.807, 2.05) is 6.20 Å². The predicted molar refractivity (Wildman–Crippen MR) is 79.1 cm³/mol. The van der Waals surface area contributed by atoms with Crippen molar-refractivity contribution in [3.05, 3.63) is 53.9 Å². The van der Waals surface area contributed by atoms with Crippen LogP contribution in [-0.4, -0.2) is 15.6 Å². The highest BCUT2D eigenvalue weighted by Crippen LogP contribution is 2.27. The van der Waals surface area contributed by atoms with Gasteiger partial charge in [-0.3, -0.25) is 0 Å². The number of aromatic nitrogens is 2. The van der Waals surface area contributed by atoms with Crippen LogP contribution in [0.2, 0.25) is 0 Å². The van der Waals surface area contributed by atoms with Crippen LogP contribution in [0.25, 0.3) is 0 Å². The van der Waals surface area contributed by atoms with E-state index in [0.717, 1.165) is 17.8 Å². The minimum absolute atomic E-state index is 0.0134. The van der Waals surface area contributed by atoms with Gasteiger partial charge in [0.1, 0.15) is 11.6 Å². The highest BCUT2D eigenvalue weighted by atomic mass is 19.1. The Balaban J connectivity index is 2.47. The smallest absolute Gasteiger partial charge is 0.123 e. The third-order valence-corrected chi connectivity index (χ3v) is 3.60. The lowest BCUT2D eigenvalue weighted by atomic mass is 9.97. The molecule has 1 heterocycles. The number of rotatable bonds is 5. The molecule has 1 aromatic carbocycles. The van der Waals surface area contributed by atoms with Gasteiger partial charge in [0, 0.05) is 24.4 Å². The van der Waals surface area contributed by atoms with E-state index in [4.69, 9.17) is 5.73 Å². The van der Waals surface area contributed by atoms with Gasteiger partial charge in [0.05, 0.1) is 6.04 Å². The number of hydrogen-bond acceptors (Lipinski definition) is 2. The minimum Gasteiger partial charge on any atom is -0.326 e. The lowest BCUT2D eigenvalue weighted by molar-refractivity contribution is 0.439. The molecule has 3 nitrogen and oxygen atoms in total. The largest absolute Gasteiger partial charge is 0.326 e. The Bertz CT molecular complexity index is 545. The summed E-state index contributed by atoms with van der Waals surface area (Å²) >= 11 is 0. The first kappa shape index (κ1) is 14.7. The minimum atomic E-state index is -0.229. The van der Waals surface area contributed by atoms with Crippen LogP contribution in [0.3, 0.4) is 0 Å². The van der Waals surface area contributed by atoms with E-state index in [1.165, 1.54) is 12.1 Å². The summed E-state index contributed by atoms with van der Waals surface area (Å²) in [7, 11) is 0. The first-order valence-electron chi connectivity index (χ1n) is 7.08. The Morgan fingerprint density at radius 3 is 2.45 bits per heavy atom. The molecule has 108 valence electrons. The molecule has 0 radical (unpaired) electrons. The maximum absolute atomic E-state index is 13.1. The summed E-state index contributed by atoms with van der Waals surface area (Å²) in [5, 5.41) is 0. The quantitative estimate of drug-likeness (QED) is 0.908. The molecule has 2 N–H and O–H groups in total. The van der Waals surface area contributed by atoms with E-state index < -0.39 is 0 Å². The summed E-state index contributed by atoms with van der Waals surface area (Å²) in [5.41, 5.74) is 7.32. The molecule has 2 atom stereocenters. The van der Waals surface area contributed by atoms with E-state index in [2.05, 4.69) is 30.3 Å². The molecule has 0 aliphatic rings. The number of halogens is 1.